The second-order valence-corrected chi connectivity index (χ2v) is 7.56. The Hall–Kier alpha value is -1.10. The third kappa shape index (κ3) is 2.75. The van der Waals surface area contributed by atoms with E-state index in [0.29, 0.717) is 12.3 Å². The molecule has 2 saturated carbocycles. The fourth-order valence-electron chi connectivity index (χ4n) is 4.59. The number of hydrazine groups is 1. The molecule has 2 amide bonds. The first kappa shape index (κ1) is 15.8. The number of hydrogen-bond acceptors (Lipinski definition) is 3. The molecular formula is C17H28N2O3. The Kier molecular flexibility index (Phi) is 4.44. The maximum Gasteiger partial charge on any atom is 0.248 e. The van der Waals surface area contributed by atoms with Crippen LogP contribution in [0.15, 0.2) is 0 Å². The summed E-state index contributed by atoms with van der Waals surface area (Å²) < 4.78 is 0. The topological polar surface area (TPSA) is 69.6 Å². The molecule has 0 radical (unpaired) electrons. The van der Waals surface area contributed by atoms with Crippen molar-refractivity contribution in [2.75, 3.05) is 0 Å². The van der Waals surface area contributed by atoms with Crippen molar-refractivity contribution in [3.63, 3.8) is 0 Å². The maximum absolute atomic E-state index is 13.1. The Morgan fingerprint density at radius 1 is 1.05 bits per heavy atom. The van der Waals surface area contributed by atoms with Crippen LogP contribution >= 0.6 is 0 Å². The first-order valence-electron chi connectivity index (χ1n) is 8.83. The van der Waals surface area contributed by atoms with Crippen LogP contribution in [0, 0.1) is 11.3 Å². The van der Waals surface area contributed by atoms with Crippen LogP contribution in [0.3, 0.4) is 0 Å². The monoisotopic (exact) mass is 308 g/mol. The number of aliphatic hydroxyl groups excluding tert-OH is 1. The lowest BCUT2D eigenvalue weighted by atomic mass is 9.66. The van der Waals surface area contributed by atoms with E-state index in [4.69, 9.17) is 0 Å². The number of rotatable bonds is 2. The van der Waals surface area contributed by atoms with E-state index in [9.17, 15) is 14.7 Å². The van der Waals surface area contributed by atoms with Gasteiger partial charge in [0.2, 0.25) is 11.8 Å². The molecule has 0 aromatic heterocycles. The van der Waals surface area contributed by atoms with Crippen molar-refractivity contribution in [3.8, 4) is 0 Å². The van der Waals surface area contributed by atoms with Crippen LogP contribution in [0.5, 0.6) is 0 Å². The number of hydrogen-bond donors (Lipinski definition) is 2. The molecule has 2 aliphatic carbocycles. The van der Waals surface area contributed by atoms with Crippen molar-refractivity contribution in [1.82, 2.24) is 10.4 Å². The van der Waals surface area contributed by atoms with E-state index in [1.165, 1.54) is 11.4 Å². The van der Waals surface area contributed by atoms with Gasteiger partial charge in [-0.25, -0.2) is 5.01 Å². The Balaban J connectivity index is 1.82. The molecule has 5 heteroatoms. The molecule has 0 aromatic rings. The second kappa shape index (κ2) is 6.19. The highest BCUT2D eigenvalue weighted by Crippen LogP contribution is 2.44. The van der Waals surface area contributed by atoms with Crippen molar-refractivity contribution in [2.45, 2.75) is 83.3 Å². The molecule has 3 aliphatic rings. The summed E-state index contributed by atoms with van der Waals surface area (Å²) in [5.41, 5.74) is 2.15. The lowest BCUT2D eigenvalue weighted by Crippen LogP contribution is -2.65. The maximum atomic E-state index is 13.1. The van der Waals surface area contributed by atoms with E-state index in [0.717, 1.165) is 44.9 Å². The lowest BCUT2D eigenvalue weighted by molar-refractivity contribution is -0.171. The normalized spacial score (nSPS) is 38.0. The van der Waals surface area contributed by atoms with Gasteiger partial charge in [0, 0.05) is 6.42 Å². The fourth-order valence-corrected chi connectivity index (χ4v) is 4.59. The van der Waals surface area contributed by atoms with Crippen LogP contribution in [-0.4, -0.2) is 34.1 Å². The van der Waals surface area contributed by atoms with E-state index < -0.39 is 11.5 Å². The van der Waals surface area contributed by atoms with Gasteiger partial charge in [-0.2, -0.15) is 0 Å². The minimum Gasteiger partial charge on any atom is -0.391 e. The zero-order valence-electron chi connectivity index (χ0n) is 13.5. The lowest BCUT2D eigenvalue weighted by Gasteiger charge is -2.48. The Morgan fingerprint density at radius 2 is 1.68 bits per heavy atom. The molecule has 3 rings (SSSR count). The van der Waals surface area contributed by atoms with Gasteiger partial charge in [-0.3, -0.25) is 15.0 Å². The van der Waals surface area contributed by atoms with Gasteiger partial charge in [-0.15, -0.1) is 0 Å². The van der Waals surface area contributed by atoms with Gasteiger partial charge in [-0.1, -0.05) is 32.1 Å². The average molecular weight is 308 g/mol. The molecule has 124 valence electrons. The Labute approximate surface area is 132 Å². The highest BCUT2D eigenvalue weighted by atomic mass is 16.3. The number of nitrogens with zero attached hydrogens (tertiary/aromatic N) is 1. The van der Waals surface area contributed by atoms with Gasteiger partial charge in [0.05, 0.1) is 17.6 Å². The van der Waals surface area contributed by atoms with Crippen LogP contribution in [0.25, 0.3) is 0 Å². The predicted octanol–water partition coefficient (Wildman–Crippen LogP) is 2.14. The van der Waals surface area contributed by atoms with Crippen molar-refractivity contribution < 1.29 is 14.7 Å². The highest BCUT2D eigenvalue weighted by molar-refractivity contribution is 5.94. The van der Waals surface area contributed by atoms with Gasteiger partial charge in [0.1, 0.15) is 0 Å². The van der Waals surface area contributed by atoms with Crippen LogP contribution in [0.1, 0.15) is 71.1 Å². The van der Waals surface area contributed by atoms with Crippen LogP contribution < -0.4 is 5.43 Å². The predicted molar refractivity (Wildman–Crippen MR) is 82.6 cm³/mol. The summed E-state index contributed by atoms with van der Waals surface area (Å²) in [4.78, 5) is 25.4. The molecule has 3 fully saturated rings. The molecule has 0 spiro atoms. The number of carbonyl (C=O) groups excluding carboxylic acids is 2. The van der Waals surface area contributed by atoms with Gasteiger partial charge >= 0.3 is 0 Å². The first-order valence-corrected chi connectivity index (χ1v) is 8.83. The summed E-state index contributed by atoms with van der Waals surface area (Å²) in [7, 11) is 0. The van der Waals surface area contributed by atoms with Crippen LogP contribution in [0.4, 0.5) is 0 Å². The number of carbonyl (C=O) groups is 2. The molecule has 1 aliphatic heterocycles. The van der Waals surface area contributed by atoms with E-state index in [1.54, 1.807) is 0 Å². The smallest absolute Gasteiger partial charge is 0.248 e. The van der Waals surface area contributed by atoms with Crippen molar-refractivity contribution in [1.29, 1.82) is 0 Å². The Morgan fingerprint density at radius 3 is 2.36 bits per heavy atom. The molecule has 0 bridgehead atoms. The largest absolute Gasteiger partial charge is 0.391 e. The summed E-state index contributed by atoms with van der Waals surface area (Å²) in [6.07, 6.45) is 8.86. The summed E-state index contributed by atoms with van der Waals surface area (Å²) >= 11 is 0. The van der Waals surface area contributed by atoms with Crippen LogP contribution in [0.2, 0.25) is 0 Å². The van der Waals surface area contributed by atoms with E-state index in [1.807, 2.05) is 6.92 Å². The van der Waals surface area contributed by atoms with Crippen LogP contribution in [-0.2, 0) is 9.59 Å². The molecule has 22 heavy (non-hydrogen) atoms. The minimum absolute atomic E-state index is 0.0185. The molecule has 3 atom stereocenters. The highest BCUT2D eigenvalue weighted by Gasteiger charge is 2.51. The zero-order valence-corrected chi connectivity index (χ0v) is 13.5. The molecular weight excluding hydrogens is 280 g/mol. The van der Waals surface area contributed by atoms with Gasteiger partial charge in [0.25, 0.3) is 0 Å². The summed E-state index contributed by atoms with van der Waals surface area (Å²) in [5, 5.41) is 11.8. The third-order valence-corrected chi connectivity index (χ3v) is 6.01. The molecule has 2 N–H and O–H groups in total. The summed E-state index contributed by atoms with van der Waals surface area (Å²) in [6.45, 7) is 1.96. The SMILES string of the molecule is CC1(C2CCCCC2)CC(=O)NN([C@@H]2CCCC[C@H]2O)C1=O. The van der Waals surface area contributed by atoms with E-state index in [2.05, 4.69) is 5.43 Å². The molecule has 1 heterocycles. The van der Waals surface area contributed by atoms with Crippen molar-refractivity contribution in [3.05, 3.63) is 0 Å². The number of nitrogens with one attached hydrogen (secondary N) is 1. The molecule has 0 aromatic carbocycles. The molecule has 1 saturated heterocycles. The van der Waals surface area contributed by atoms with Crippen molar-refractivity contribution >= 4 is 11.8 Å². The fraction of sp³-hybridized carbons (Fsp3) is 0.882. The Bertz CT molecular complexity index is 447. The first-order chi connectivity index (χ1) is 10.5. The molecule has 1 unspecified atom stereocenters. The summed E-state index contributed by atoms with van der Waals surface area (Å²) in [5.74, 6) is 0.235. The average Bonchev–Trinajstić information content (AvgIpc) is 2.52. The van der Waals surface area contributed by atoms with Gasteiger partial charge in [-0.05, 0) is 38.5 Å². The zero-order chi connectivity index (χ0) is 15.7. The van der Waals surface area contributed by atoms with Gasteiger partial charge in [0.15, 0.2) is 0 Å². The standard InChI is InChI=1S/C17H28N2O3/c1-17(12-7-3-2-4-8-12)11-15(21)18-19(16(17)22)13-9-5-6-10-14(13)20/h12-14,20H,2-11H2,1H3,(H,18,21)/t13-,14-,17?/m1/s1. The van der Waals surface area contributed by atoms with E-state index in [-0.39, 0.29) is 24.3 Å². The summed E-state index contributed by atoms with van der Waals surface area (Å²) in [6, 6.07) is -0.256. The van der Waals surface area contributed by atoms with Gasteiger partial charge < -0.3 is 5.11 Å². The second-order valence-electron chi connectivity index (χ2n) is 7.56. The number of aliphatic hydroxyl groups is 1. The third-order valence-electron chi connectivity index (χ3n) is 6.01. The molecule has 5 nitrogen and oxygen atoms in total. The van der Waals surface area contributed by atoms with E-state index >= 15 is 0 Å². The minimum atomic E-state index is -0.597. The van der Waals surface area contributed by atoms with Crippen molar-refractivity contribution in [2.24, 2.45) is 11.3 Å². The quantitative estimate of drug-likeness (QED) is 0.821. The number of amides is 2.